The van der Waals surface area contributed by atoms with Crippen molar-refractivity contribution < 1.29 is 27.8 Å². The number of rotatable bonds is 4. The van der Waals surface area contributed by atoms with Crippen LogP contribution in [0.15, 0.2) is 18.2 Å². The molecule has 0 fully saturated rings. The van der Waals surface area contributed by atoms with Crippen LogP contribution in [-0.2, 0) is 9.53 Å². The maximum Gasteiger partial charge on any atom is 0.418 e. The van der Waals surface area contributed by atoms with Crippen molar-refractivity contribution in [3.05, 3.63) is 33.8 Å². The third kappa shape index (κ3) is 4.04. The molecule has 0 radical (unpaired) electrons. The minimum Gasteiger partial charge on any atom is -0.480 e. The van der Waals surface area contributed by atoms with Crippen LogP contribution >= 0.6 is 23.2 Å². The van der Waals surface area contributed by atoms with Crippen LogP contribution in [0.4, 0.5) is 13.2 Å². The van der Waals surface area contributed by atoms with Gasteiger partial charge in [-0.15, -0.1) is 0 Å². The van der Waals surface area contributed by atoms with E-state index in [1.165, 1.54) is 6.07 Å². The third-order valence-electron chi connectivity index (χ3n) is 1.92. The number of hydrogen-bond acceptors (Lipinski definition) is 2. The lowest BCUT2D eigenvalue weighted by Gasteiger charge is -2.21. The van der Waals surface area contributed by atoms with E-state index < -0.39 is 24.9 Å². The van der Waals surface area contributed by atoms with Crippen molar-refractivity contribution in [3.8, 4) is 0 Å². The number of carboxylic acids is 1. The van der Waals surface area contributed by atoms with E-state index in [1.54, 1.807) is 0 Å². The number of aliphatic carboxylic acids is 1. The van der Waals surface area contributed by atoms with Crippen molar-refractivity contribution in [2.24, 2.45) is 0 Å². The molecular formula is C10H7Cl2F3O3. The lowest BCUT2D eigenvalue weighted by molar-refractivity contribution is -0.225. The van der Waals surface area contributed by atoms with Crippen LogP contribution in [0.3, 0.4) is 0 Å². The van der Waals surface area contributed by atoms with Gasteiger partial charge in [0.05, 0.1) is 0 Å². The second kappa shape index (κ2) is 5.77. The smallest absolute Gasteiger partial charge is 0.418 e. The molecule has 0 aliphatic rings. The van der Waals surface area contributed by atoms with Gasteiger partial charge in [-0.05, 0) is 12.1 Å². The fraction of sp³-hybridized carbons (Fsp3) is 0.300. The minimum absolute atomic E-state index is 0.169. The summed E-state index contributed by atoms with van der Waals surface area (Å²) < 4.78 is 42.5. The summed E-state index contributed by atoms with van der Waals surface area (Å²) in [6.07, 6.45) is -7.18. The molecule has 0 spiro atoms. The van der Waals surface area contributed by atoms with Gasteiger partial charge in [0.2, 0.25) is 0 Å². The molecule has 1 N–H and O–H groups in total. The number of benzene rings is 1. The molecule has 0 aliphatic heterocycles. The maximum absolute atomic E-state index is 12.7. The fourth-order valence-electron chi connectivity index (χ4n) is 1.23. The van der Waals surface area contributed by atoms with Crippen LogP contribution in [0.5, 0.6) is 0 Å². The molecule has 0 aromatic heterocycles. The lowest BCUT2D eigenvalue weighted by Crippen LogP contribution is -2.26. The van der Waals surface area contributed by atoms with Gasteiger partial charge in [-0.25, -0.2) is 4.79 Å². The molecular weight excluding hydrogens is 296 g/mol. The van der Waals surface area contributed by atoms with E-state index >= 15 is 0 Å². The average molecular weight is 303 g/mol. The molecule has 1 unspecified atom stereocenters. The Balaban J connectivity index is 3.06. The first-order chi connectivity index (χ1) is 8.21. The molecule has 8 heteroatoms. The monoisotopic (exact) mass is 302 g/mol. The molecule has 0 bridgehead atoms. The van der Waals surface area contributed by atoms with Gasteiger partial charge in [-0.3, -0.25) is 0 Å². The Labute approximate surface area is 110 Å². The van der Waals surface area contributed by atoms with E-state index in [9.17, 15) is 18.0 Å². The molecule has 1 rings (SSSR count). The standard InChI is InChI=1S/C10H7Cl2F3O3/c11-5-1-2-6(7(12)3-5)9(10(13,14)15)18-4-8(16)17/h1-3,9H,4H2,(H,16,17). The van der Waals surface area contributed by atoms with Crippen LogP contribution in [0, 0.1) is 0 Å². The van der Waals surface area contributed by atoms with Gasteiger partial charge in [-0.1, -0.05) is 29.3 Å². The highest BCUT2D eigenvalue weighted by Crippen LogP contribution is 2.39. The Morgan fingerprint density at radius 2 is 2.00 bits per heavy atom. The predicted octanol–water partition coefficient (Wildman–Crippen LogP) is 3.70. The molecule has 0 amide bonds. The summed E-state index contributed by atoms with van der Waals surface area (Å²) in [7, 11) is 0. The normalized spacial score (nSPS) is 13.4. The fourth-order valence-corrected chi connectivity index (χ4v) is 1.74. The zero-order chi connectivity index (χ0) is 13.9. The lowest BCUT2D eigenvalue weighted by atomic mass is 10.1. The van der Waals surface area contributed by atoms with Crippen LogP contribution in [0.2, 0.25) is 10.0 Å². The first kappa shape index (κ1) is 15.1. The second-order valence-corrected chi connectivity index (χ2v) is 4.14. The van der Waals surface area contributed by atoms with Gasteiger partial charge in [-0.2, -0.15) is 13.2 Å². The molecule has 0 heterocycles. The number of ether oxygens (including phenoxy) is 1. The highest BCUT2D eigenvalue weighted by Gasteiger charge is 2.43. The molecule has 1 aromatic carbocycles. The van der Waals surface area contributed by atoms with E-state index in [2.05, 4.69) is 4.74 Å². The van der Waals surface area contributed by atoms with Crippen LogP contribution in [0.1, 0.15) is 11.7 Å². The Kier molecular flexibility index (Phi) is 4.84. The Hall–Kier alpha value is -0.980. The molecule has 0 saturated heterocycles. The number of alkyl halides is 3. The highest BCUT2D eigenvalue weighted by atomic mass is 35.5. The first-order valence-electron chi connectivity index (χ1n) is 4.57. The summed E-state index contributed by atoms with van der Waals surface area (Å²) in [4.78, 5) is 10.3. The molecule has 3 nitrogen and oxygen atoms in total. The summed E-state index contributed by atoms with van der Waals surface area (Å²) >= 11 is 11.2. The van der Waals surface area contributed by atoms with Gasteiger partial charge in [0.25, 0.3) is 0 Å². The molecule has 1 atom stereocenters. The molecule has 1 aromatic rings. The SMILES string of the molecule is O=C(O)COC(c1ccc(Cl)cc1Cl)C(F)(F)F. The number of carbonyl (C=O) groups is 1. The minimum atomic E-state index is -4.77. The quantitative estimate of drug-likeness (QED) is 0.922. The van der Waals surface area contributed by atoms with Crippen molar-refractivity contribution in [3.63, 3.8) is 0 Å². The number of halogens is 5. The number of hydrogen-bond donors (Lipinski definition) is 1. The van der Waals surface area contributed by atoms with Gasteiger partial charge in [0.15, 0.2) is 6.10 Å². The Morgan fingerprint density at radius 1 is 1.39 bits per heavy atom. The van der Waals surface area contributed by atoms with E-state index in [4.69, 9.17) is 28.3 Å². The molecule has 0 aliphatic carbocycles. The summed E-state index contributed by atoms with van der Waals surface area (Å²) in [5, 5.41) is 8.27. The van der Waals surface area contributed by atoms with E-state index in [0.717, 1.165) is 12.1 Å². The van der Waals surface area contributed by atoms with E-state index in [0.29, 0.717) is 0 Å². The first-order valence-corrected chi connectivity index (χ1v) is 5.32. The molecule has 100 valence electrons. The average Bonchev–Trinajstić information content (AvgIpc) is 2.18. The van der Waals surface area contributed by atoms with Crippen molar-refractivity contribution in [1.82, 2.24) is 0 Å². The summed E-state index contributed by atoms with van der Waals surface area (Å²) in [5.41, 5.74) is -0.380. The third-order valence-corrected chi connectivity index (χ3v) is 2.48. The van der Waals surface area contributed by atoms with Gasteiger partial charge in [0, 0.05) is 15.6 Å². The second-order valence-electron chi connectivity index (χ2n) is 3.29. The zero-order valence-electron chi connectivity index (χ0n) is 8.67. The topological polar surface area (TPSA) is 46.5 Å². The number of carboxylic acid groups (broad SMARTS) is 1. The van der Waals surface area contributed by atoms with Gasteiger partial charge >= 0.3 is 12.1 Å². The predicted molar refractivity (Wildman–Crippen MR) is 58.8 cm³/mol. The highest BCUT2D eigenvalue weighted by molar-refractivity contribution is 6.35. The van der Waals surface area contributed by atoms with Crippen LogP contribution < -0.4 is 0 Å². The van der Waals surface area contributed by atoms with E-state index in [1.807, 2.05) is 0 Å². The summed E-state index contributed by atoms with van der Waals surface area (Å²) in [6, 6.07) is 3.39. The maximum atomic E-state index is 12.7. The van der Waals surface area contributed by atoms with Crippen LogP contribution in [-0.4, -0.2) is 23.9 Å². The summed E-state index contributed by atoms with van der Waals surface area (Å²) in [5.74, 6) is -1.51. The zero-order valence-corrected chi connectivity index (χ0v) is 10.2. The van der Waals surface area contributed by atoms with E-state index in [-0.39, 0.29) is 15.6 Å². The summed E-state index contributed by atoms with van der Waals surface area (Å²) in [6.45, 7) is -1.08. The van der Waals surface area contributed by atoms with Gasteiger partial charge < -0.3 is 9.84 Å². The van der Waals surface area contributed by atoms with Crippen LogP contribution in [0.25, 0.3) is 0 Å². The van der Waals surface area contributed by atoms with Crippen molar-refractivity contribution in [1.29, 1.82) is 0 Å². The molecule has 0 saturated carbocycles. The van der Waals surface area contributed by atoms with Gasteiger partial charge in [0.1, 0.15) is 6.61 Å². The molecule has 18 heavy (non-hydrogen) atoms. The largest absolute Gasteiger partial charge is 0.480 e. The Bertz CT molecular complexity index is 448. The van der Waals surface area contributed by atoms with Crippen molar-refractivity contribution >= 4 is 29.2 Å². The van der Waals surface area contributed by atoms with Crippen molar-refractivity contribution in [2.45, 2.75) is 12.3 Å². The Morgan fingerprint density at radius 3 is 2.44 bits per heavy atom. The van der Waals surface area contributed by atoms with Crippen molar-refractivity contribution in [2.75, 3.05) is 6.61 Å².